The van der Waals surface area contributed by atoms with Crippen molar-refractivity contribution in [2.45, 2.75) is 42.3 Å². The van der Waals surface area contributed by atoms with Gasteiger partial charge in [-0.3, -0.25) is 4.79 Å². The highest BCUT2D eigenvalue weighted by atomic mass is 32.2. The lowest BCUT2D eigenvalue weighted by atomic mass is 10.1. The second-order valence-corrected chi connectivity index (χ2v) is 10.8. The summed E-state index contributed by atoms with van der Waals surface area (Å²) >= 11 is 0. The molecule has 190 valence electrons. The molecule has 9 nitrogen and oxygen atoms in total. The zero-order chi connectivity index (χ0) is 25.3. The van der Waals surface area contributed by atoms with Crippen LogP contribution in [-0.2, 0) is 9.84 Å². The minimum atomic E-state index is -4.89. The van der Waals surface area contributed by atoms with Gasteiger partial charge in [-0.1, -0.05) is 30.1 Å². The Morgan fingerprint density at radius 1 is 1.03 bits per heavy atom. The number of nitrogens with zero attached hydrogens (tertiary/aromatic N) is 5. The van der Waals surface area contributed by atoms with Crippen molar-refractivity contribution in [1.29, 1.82) is 0 Å². The third-order valence-electron chi connectivity index (χ3n) is 6.70. The van der Waals surface area contributed by atoms with Gasteiger partial charge in [-0.2, -0.15) is 13.8 Å². The van der Waals surface area contributed by atoms with Crippen molar-refractivity contribution in [2.75, 3.05) is 31.1 Å². The number of hydrogen-bond donors (Lipinski definition) is 0. The van der Waals surface area contributed by atoms with Gasteiger partial charge in [0, 0.05) is 43.9 Å². The zero-order valence-electron chi connectivity index (χ0n) is 19.4. The van der Waals surface area contributed by atoms with Crippen LogP contribution in [0.2, 0.25) is 0 Å². The summed E-state index contributed by atoms with van der Waals surface area (Å²) in [4.78, 5) is 24.9. The molecule has 2 fully saturated rings. The highest BCUT2D eigenvalue weighted by Gasteiger charge is 2.33. The molecular formula is C24H25F2N5O4S. The first-order valence-corrected chi connectivity index (χ1v) is 13.3. The third-order valence-corrected chi connectivity index (χ3v) is 8.14. The summed E-state index contributed by atoms with van der Waals surface area (Å²) in [5, 5.41) is 4.09. The Morgan fingerprint density at radius 2 is 1.75 bits per heavy atom. The number of anilines is 1. The van der Waals surface area contributed by atoms with E-state index in [0.29, 0.717) is 49.6 Å². The van der Waals surface area contributed by atoms with Gasteiger partial charge in [0.1, 0.15) is 5.82 Å². The molecule has 3 heterocycles. The minimum absolute atomic E-state index is 0.245. The molecular weight excluding hydrogens is 492 g/mol. The number of pyridine rings is 1. The first-order valence-electron chi connectivity index (χ1n) is 11.8. The van der Waals surface area contributed by atoms with Crippen molar-refractivity contribution >= 4 is 21.6 Å². The van der Waals surface area contributed by atoms with Crippen molar-refractivity contribution < 1.29 is 26.5 Å². The summed E-state index contributed by atoms with van der Waals surface area (Å²) in [5.74, 6) is -1.96. The number of alkyl halides is 2. The van der Waals surface area contributed by atoms with E-state index in [1.54, 1.807) is 6.20 Å². The molecule has 5 rings (SSSR count). The Labute approximate surface area is 207 Å². The molecule has 2 aromatic heterocycles. The minimum Gasteiger partial charge on any atom is -0.353 e. The maximum Gasteiger partial charge on any atom is 0.341 e. The molecule has 0 spiro atoms. The van der Waals surface area contributed by atoms with Crippen LogP contribution in [0.4, 0.5) is 14.6 Å². The molecule has 2 aliphatic rings. The maximum atomic E-state index is 13.1. The third kappa shape index (κ3) is 4.69. The quantitative estimate of drug-likeness (QED) is 0.486. The number of carbonyl (C=O) groups excluding carboxylic acids is 1. The first-order chi connectivity index (χ1) is 17.3. The van der Waals surface area contributed by atoms with Crippen molar-refractivity contribution in [3.63, 3.8) is 0 Å². The Hall–Kier alpha value is -3.41. The Kier molecular flexibility index (Phi) is 6.69. The van der Waals surface area contributed by atoms with Gasteiger partial charge in [-0.25, -0.2) is 13.4 Å². The van der Waals surface area contributed by atoms with E-state index in [4.69, 9.17) is 4.52 Å². The molecule has 0 unspecified atom stereocenters. The van der Waals surface area contributed by atoms with E-state index in [1.165, 1.54) is 35.9 Å². The van der Waals surface area contributed by atoms with Crippen LogP contribution in [0, 0.1) is 0 Å². The molecule has 36 heavy (non-hydrogen) atoms. The lowest BCUT2D eigenvalue weighted by Gasteiger charge is -2.35. The molecule has 0 bridgehead atoms. The summed E-state index contributed by atoms with van der Waals surface area (Å²) in [7, 11) is -4.89. The Bertz CT molecular complexity index is 1330. The predicted octanol–water partition coefficient (Wildman–Crippen LogP) is 3.75. The van der Waals surface area contributed by atoms with Crippen LogP contribution in [0.15, 0.2) is 52.0 Å². The average Bonchev–Trinajstić information content (AvgIpc) is 3.61. The molecule has 0 radical (unpaired) electrons. The highest BCUT2D eigenvalue weighted by molar-refractivity contribution is 7.91. The number of carbonyl (C=O) groups is 1. The van der Waals surface area contributed by atoms with Gasteiger partial charge in [-0.15, -0.1) is 0 Å². The maximum absolute atomic E-state index is 13.1. The number of aromatic nitrogens is 3. The molecule has 3 aromatic rings. The smallest absolute Gasteiger partial charge is 0.341 e. The number of halogens is 2. The summed E-state index contributed by atoms with van der Waals surface area (Å²) in [6.07, 6.45) is 6.18. The van der Waals surface area contributed by atoms with Gasteiger partial charge in [0.2, 0.25) is 21.6 Å². The normalized spacial score (nSPS) is 17.2. The fourth-order valence-electron chi connectivity index (χ4n) is 4.69. The average molecular weight is 518 g/mol. The van der Waals surface area contributed by atoms with E-state index in [2.05, 4.69) is 15.1 Å². The summed E-state index contributed by atoms with van der Waals surface area (Å²) in [5.41, 5.74) is 0.503. The van der Waals surface area contributed by atoms with E-state index < -0.39 is 26.4 Å². The number of rotatable bonds is 6. The highest BCUT2D eigenvalue weighted by Crippen LogP contribution is 2.34. The van der Waals surface area contributed by atoms with E-state index in [0.717, 1.165) is 24.5 Å². The summed E-state index contributed by atoms with van der Waals surface area (Å²) < 4.78 is 55.7. The fraction of sp³-hybridized carbons (Fsp3) is 0.417. The van der Waals surface area contributed by atoms with Crippen LogP contribution in [0.5, 0.6) is 0 Å². The number of benzene rings is 1. The number of hydrogen-bond acceptors (Lipinski definition) is 8. The number of piperazine rings is 1. The molecule has 1 saturated carbocycles. The largest absolute Gasteiger partial charge is 0.353 e. The standard InChI is InChI=1S/C24H25F2N5O4S/c25-24(26)36(33,34)19-8-4-3-7-18(19)23(32)31-13-11-30(12-14-31)20-10-9-17(15-27-20)21-28-22(35-29-21)16-5-1-2-6-16/h3-4,7-10,15-16,24H,1-2,5-6,11-14H2. The lowest BCUT2D eigenvalue weighted by molar-refractivity contribution is 0.0742. The molecule has 1 amide bonds. The van der Waals surface area contributed by atoms with Crippen molar-refractivity contribution in [3.05, 3.63) is 54.0 Å². The predicted molar refractivity (Wildman–Crippen MR) is 126 cm³/mol. The Balaban J connectivity index is 1.23. The van der Waals surface area contributed by atoms with Gasteiger partial charge in [0.25, 0.3) is 5.91 Å². The summed E-state index contributed by atoms with van der Waals surface area (Å²) in [6, 6.07) is 8.80. The summed E-state index contributed by atoms with van der Waals surface area (Å²) in [6.45, 7) is 1.49. The van der Waals surface area contributed by atoms with Crippen molar-refractivity contribution in [1.82, 2.24) is 20.0 Å². The molecule has 12 heteroatoms. The van der Waals surface area contributed by atoms with Crippen LogP contribution in [-0.4, -0.2) is 66.3 Å². The van der Waals surface area contributed by atoms with Gasteiger partial charge in [-0.05, 0) is 37.1 Å². The fourth-order valence-corrected chi connectivity index (χ4v) is 5.61. The topological polar surface area (TPSA) is 110 Å². The zero-order valence-corrected chi connectivity index (χ0v) is 20.2. The van der Waals surface area contributed by atoms with Gasteiger partial charge < -0.3 is 14.3 Å². The second kappa shape index (κ2) is 9.92. The van der Waals surface area contributed by atoms with Crippen LogP contribution in [0.25, 0.3) is 11.4 Å². The monoisotopic (exact) mass is 517 g/mol. The van der Waals surface area contributed by atoms with E-state index in [9.17, 15) is 22.0 Å². The second-order valence-electron chi connectivity index (χ2n) is 8.92. The Morgan fingerprint density at radius 3 is 2.42 bits per heavy atom. The van der Waals surface area contributed by atoms with Crippen LogP contribution < -0.4 is 4.90 Å². The van der Waals surface area contributed by atoms with Crippen LogP contribution >= 0.6 is 0 Å². The van der Waals surface area contributed by atoms with Crippen LogP contribution in [0.3, 0.4) is 0 Å². The number of amides is 1. The van der Waals surface area contributed by atoms with Gasteiger partial charge in [0.15, 0.2) is 0 Å². The first kappa shape index (κ1) is 24.3. The van der Waals surface area contributed by atoms with Crippen LogP contribution in [0.1, 0.15) is 47.8 Å². The SMILES string of the molecule is O=C(c1ccccc1S(=O)(=O)C(F)F)N1CCN(c2ccc(-c3noc(C4CCCC4)n3)cn2)CC1. The van der Waals surface area contributed by atoms with Crippen molar-refractivity contribution in [2.24, 2.45) is 0 Å². The van der Waals surface area contributed by atoms with Gasteiger partial charge in [0.05, 0.1) is 10.5 Å². The van der Waals surface area contributed by atoms with Gasteiger partial charge >= 0.3 is 5.76 Å². The van der Waals surface area contributed by atoms with E-state index >= 15 is 0 Å². The molecule has 0 atom stereocenters. The lowest BCUT2D eigenvalue weighted by Crippen LogP contribution is -2.49. The molecule has 1 aliphatic carbocycles. The number of sulfone groups is 1. The molecule has 1 saturated heterocycles. The van der Waals surface area contributed by atoms with E-state index in [-0.39, 0.29) is 5.56 Å². The van der Waals surface area contributed by atoms with Crippen molar-refractivity contribution in [3.8, 4) is 11.4 Å². The molecule has 1 aliphatic heterocycles. The molecule has 0 N–H and O–H groups in total. The molecule has 1 aromatic carbocycles. The van der Waals surface area contributed by atoms with E-state index in [1.807, 2.05) is 17.0 Å².